The maximum atomic E-state index is 11.7. The lowest BCUT2D eigenvalue weighted by molar-refractivity contribution is -0.383. The summed E-state index contributed by atoms with van der Waals surface area (Å²) in [5.74, 6) is -0.735. The third-order valence-electron chi connectivity index (χ3n) is 3.47. The van der Waals surface area contributed by atoms with Gasteiger partial charge in [-0.1, -0.05) is 0 Å². The van der Waals surface area contributed by atoms with Crippen molar-refractivity contribution in [1.82, 2.24) is 9.97 Å². The Morgan fingerprint density at radius 3 is 2.43 bits per heavy atom. The molecule has 1 aromatic carbocycles. The number of nitriles is 2. The zero-order valence-corrected chi connectivity index (χ0v) is 14.8. The Bertz CT molecular complexity index is 931. The molecule has 0 spiro atoms. The van der Waals surface area contributed by atoms with E-state index in [1.54, 1.807) is 19.1 Å². The number of ether oxygens (including phenoxy) is 1. The number of nitro groups is 1. The number of anilines is 3. The minimum absolute atomic E-state index is 0.111. The van der Waals surface area contributed by atoms with Crippen LogP contribution in [0.25, 0.3) is 0 Å². The topological polar surface area (TPSA) is 158 Å². The van der Waals surface area contributed by atoms with Gasteiger partial charge in [-0.2, -0.15) is 10.5 Å². The van der Waals surface area contributed by atoms with E-state index in [0.29, 0.717) is 11.3 Å². The van der Waals surface area contributed by atoms with E-state index in [1.165, 1.54) is 17.0 Å². The third kappa shape index (κ3) is 4.68. The fraction of sp³-hybridized carbons (Fsp3) is 0.235. The van der Waals surface area contributed by atoms with Gasteiger partial charge in [0.05, 0.1) is 29.2 Å². The highest BCUT2D eigenvalue weighted by atomic mass is 16.6. The van der Waals surface area contributed by atoms with Crippen LogP contribution in [0.2, 0.25) is 0 Å². The van der Waals surface area contributed by atoms with Gasteiger partial charge in [-0.25, -0.2) is 14.8 Å². The van der Waals surface area contributed by atoms with Gasteiger partial charge in [0.2, 0.25) is 11.6 Å². The minimum atomic E-state index is -0.688. The molecule has 11 heteroatoms. The molecular weight excluding hydrogens is 366 g/mol. The molecular formula is C17H15N7O4. The van der Waals surface area contributed by atoms with Crippen LogP contribution in [0.15, 0.2) is 30.6 Å². The van der Waals surface area contributed by atoms with E-state index in [4.69, 9.17) is 15.3 Å². The van der Waals surface area contributed by atoms with Gasteiger partial charge in [0, 0.05) is 5.69 Å². The van der Waals surface area contributed by atoms with Crippen LogP contribution in [0.4, 0.5) is 23.0 Å². The zero-order valence-electron chi connectivity index (χ0n) is 14.8. The largest absolute Gasteiger partial charge is 0.462 e. The van der Waals surface area contributed by atoms with Crippen LogP contribution in [0.1, 0.15) is 17.3 Å². The highest BCUT2D eigenvalue weighted by molar-refractivity contribution is 5.90. The summed E-state index contributed by atoms with van der Waals surface area (Å²) in [6.45, 7) is 1.44. The minimum Gasteiger partial charge on any atom is -0.462 e. The molecule has 0 saturated heterocycles. The molecule has 0 aliphatic carbocycles. The number of esters is 1. The summed E-state index contributed by atoms with van der Waals surface area (Å²) >= 11 is 0. The number of carbonyl (C=O) groups excluding carboxylic acids is 1. The first-order chi connectivity index (χ1) is 13.5. The molecule has 0 amide bonds. The molecule has 0 atom stereocenters. The van der Waals surface area contributed by atoms with Crippen molar-refractivity contribution in [3.8, 4) is 12.1 Å². The Morgan fingerprint density at radius 2 is 1.89 bits per heavy atom. The van der Waals surface area contributed by atoms with Crippen molar-refractivity contribution in [2.75, 3.05) is 29.9 Å². The van der Waals surface area contributed by atoms with Crippen LogP contribution < -0.4 is 10.2 Å². The highest BCUT2D eigenvalue weighted by Gasteiger charge is 2.27. The Morgan fingerprint density at radius 1 is 1.25 bits per heavy atom. The molecule has 28 heavy (non-hydrogen) atoms. The van der Waals surface area contributed by atoms with E-state index in [-0.39, 0.29) is 31.3 Å². The van der Waals surface area contributed by atoms with Crippen molar-refractivity contribution in [3.63, 3.8) is 0 Å². The molecule has 0 radical (unpaired) electrons. The van der Waals surface area contributed by atoms with E-state index in [1.807, 2.05) is 12.1 Å². The molecule has 1 heterocycles. The molecule has 1 aromatic heterocycles. The van der Waals surface area contributed by atoms with Gasteiger partial charge in [0.1, 0.15) is 19.4 Å². The van der Waals surface area contributed by atoms with Crippen LogP contribution in [0, 0.1) is 32.8 Å². The maximum Gasteiger partial charge on any atom is 0.353 e. The Hall–Kier alpha value is -4.25. The van der Waals surface area contributed by atoms with Crippen molar-refractivity contribution in [1.29, 1.82) is 10.5 Å². The summed E-state index contributed by atoms with van der Waals surface area (Å²) in [4.78, 5) is 31.5. The molecule has 11 nitrogen and oxygen atoms in total. The first kappa shape index (κ1) is 20.1. The Balaban J connectivity index is 2.37. The van der Waals surface area contributed by atoms with Gasteiger partial charge in [0.15, 0.2) is 0 Å². The maximum absolute atomic E-state index is 11.7. The normalized spacial score (nSPS) is 9.68. The predicted octanol–water partition coefficient (Wildman–Crippen LogP) is 2.16. The number of rotatable bonds is 8. The molecule has 2 aromatic rings. The second kappa shape index (κ2) is 9.45. The first-order valence-electron chi connectivity index (χ1n) is 8.04. The molecule has 142 valence electrons. The van der Waals surface area contributed by atoms with Crippen molar-refractivity contribution >= 4 is 29.0 Å². The summed E-state index contributed by atoms with van der Waals surface area (Å²) < 4.78 is 4.90. The molecule has 0 saturated carbocycles. The average molecular weight is 381 g/mol. The van der Waals surface area contributed by atoms with Crippen molar-refractivity contribution < 1.29 is 14.5 Å². The fourth-order valence-electron chi connectivity index (χ4n) is 2.28. The molecule has 0 unspecified atom stereocenters. The number of carbonyl (C=O) groups is 1. The quantitative estimate of drug-likeness (QED) is 0.311. The van der Waals surface area contributed by atoms with E-state index in [2.05, 4.69) is 15.3 Å². The summed E-state index contributed by atoms with van der Waals surface area (Å²) in [7, 11) is 0. The van der Waals surface area contributed by atoms with E-state index < -0.39 is 16.6 Å². The average Bonchev–Trinajstić information content (AvgIpc) is 2.68. The van der Waals surface area contributed by atoms with E-state index >= 15 is 0 Å². The monoisotopic (exact) mass is 381 g/mol. The molecule has 2 rings (SSSR count). The highest BCUT2D eigenvalue weighted by Crippen LogP contribution is 2.33. The second-order valence-electron chi connectivity index (χ2n) is 5.25. The Kier molecular flexibility index (Phi) is 6.77. The lowest BCUT2D eigenvalue weighted by atomic mass is 10.2. The van der Waals surface area contributed by atoms with Gasteiger partial charge in [-0.05, 0) is 31.2 Å². The Labute approximate surface area is 160 Å². The van der Waals surface area contributed by atoms with Gasteiger partial charge >= 0.3 is 11.7 Å². The second-order valence-corrected chi connectivity index (χ2v) is 5.25. The summed E-state index contributed by atoms with van der Waals surface area (Å²) in [5, 5.41) is 32.2. The number of hydrogen-bond acceptors (Lipinski definition) is 10. The van der Waals surface area contributed by atoms with Gasteiger partial charge in [-0.15, -0.1) is 0 Å². The molecule has 0 bridgehead atoms. The molecule has 0 fully saturated rings. The first-order valence-corrected chi connectivity index (χ1v) is 8.04. The SMILES string of the molecule is CCOC(=O)c1ccc(Nc2ncnc(N(CC#N)CC#N)c2[N+](=O)[O-])cc1. The molecule has 0 aliphatic rings. The molecule has 0 aliphatic heterocycles. The van der Waals surface area contributed by atoms with Crippen LogP contribution in [0.3, 0.4) is 0 Å². The van der Waals surface area contributed by atoms with Gasteiger partial charge in [0.25, 0.3) is 0 Å². The van der Waals surface area contributed by atoms with Gasteiger partial charge in [-0.3, -0.25) is 10.1 Å². The number of benzene rings is 1. The smallest absolute Gasteiger partial charge is 0.353 e. The molecule has 1 N–H and O–H groups in total. The van der Waals surface area contributed by atoms with Gasteiger partial charge < -0.3 is 15.0 Å². The zero-order chi connectivity index (χ0) is 20.5. The lowest BCUT2D eigenvalue weighted by Crippen LogP contribution is -2.26. The summed E-state index contributed by atoms with van der Waals surface area (Å²) in [5.41, 5.74) is 0.301. The summed E-state index contributed by atoms with van der Waals surface area (Å²) in [6, 6.07) is 9.78. The standard InChI is InChI=1S/C17H15N7O4/c1-2-28-17(25)12-3-5-13(6-4-12)22-15-14(24(26)27)16(21-11-20-15)23(9-7-18)10-8-19/h3-6,11H,2,9-10H2,1H3,(H,20,21,22). The van der Waals surface area contributed by atoms with Crippen LogP contribution >= 0.6 is 0 Å². The lowest BCUT2D eigenvalue weighted by Gasteiger charge is -2.17. The number of aromatic nitrogens is 2. The van der Waals surface area contributed by atoms with Crippen LogP contribution in [-0.4, -0.2) is 40.6 Å². The third-order valence-corrected chi connectivity index (χ3v) is 3.47. The van der Waals surface area contributed by atoms with Crippen molar-refractivity contribution in [3.05, 3.63) is 46.3 Å². The number of nitrogens with one attached hydrogen (secondary N) is 1. The van der Waals surface area contributed by atoms with Crippen molar-refractivity contribution in [2.24, 2.45) is 0 Å². The number of hydrogen-bond donors (Lipinski definition) is 1. The van der Waals surface area contributed by atoms with Crippen LogP contribution in [0.5, 0.6) is 0 Å². The number of nitrogens with zero attached hydrogens (tertiary/aromatic N) is 6. The predicted molar refractivity (Wildman–Crippen MR) is 97.8 cm³/mol. The van der Waals surface area contributed by atoms with Crippen LogP contribution in [-0.2, 0) is 4.74 Å². The van der Waals surface area contributed by atoms with E-state index in [0.717, 1.165) is 6.33 Å². The van der Waals surface area contributed by atoms with Crippen molar-refractivity contribution in [2.45, 2.75) is 6.92 Å². The fourth-order valence-corrected chi connectivity index (χ4v) is 2.28. The summed E-state index contributed by atoms with van der Waals surface area (Å²) in [6.07, 6.45) is 1.10. The van der Waals surface area contributed by atoms with E-state index in [9.17, 15) is 14.9 Å².